The van der Waals surface area contributed by atoms with E-state index in [0.29, 0.717) is 44.6 Å². The molecule has 0 unspecified atom stereocenters. The molecule has 0 amide bonds. The number of nitrogens with zero attached hydrogens (tertiary/aromatic N) is 3. The Morgan fingerprint density at radius 3 is 2.58 bits per heavy atom. The molecular formula is C30H26ClN3O5S. The smallest absolute Gasteiger partial charge is 0.338 e. The second kappa shape index (κ2) is 11.3. The number of anilines is 1. The summed E-state index contributed by atoms with van der Waals surface area (Å²) in [5, 5.41) is 0.551. The standard InChI is InChI=1S/C30H26ClN3O5S/c1-2-38-29(36)25-26(19-6-4-3-5-7-19)32-30-34(27(25)20-8-10-21(31)11-9-20)28(35)23(40-30)18-22-12-13-24(39-22)33-14-16-37-17-15-33/h3-13,18,27H,2,14-17H2,1H3/b23-18-/t27-/m0/s1. The van der Waals surface area contributed by atoms with Gasteiger partial charge in [0.15, 0.2) is 10.7 Å². The van der Waals surface area contributed by atoms with Crippen LogP contribution in [0.2, 0.25) is 5.02 Å². The fourth-order valence-corrected chi connectivity index (χ4v) is 6.01. The van der Waals surface area contributed by atoms with E-state index >= 15 is 0 Å². The van der Waals surface area contributed by atoms with Crippen molar-refractivity contribution in [2.75, 3.05) is 37.8 Å². The van der Waals surface area contributed by atoms with Gasteiger partial charge in [-0.1, -0.05) is 65.4 Å². The molecule has 0 aliphatic carbocycles. The van der Waals surface area contributed by atoms with Gasteiger partial charge in [0.05, 0.1) is 41.7 Å². The number of furan rings is 1. The fourth-order valence-electron chi connectivity index (χ4n) is 4.90. The van der Waals surface area contributed by atoms with Gasteiger partial charge < -0.3 is 18.8 Å². The number of carbonyl (C=O) groups is 1. The Labute approximate surface area is 239 Å². The Bertz CT molecular complexity index is 1750. The van der Waals surface area contributed by atoms with Gasteiger partial charge in [0.25, 0.3) is 5.56 Å². The quantitative estimate of drug-likeness (QED) is 0.323. The molecule has 4 aromatic rings. The largest absolute Gasteiger partial charge is 0.463 e. The Morgan fingerprint density at radius 1 is 1.10 bits per heavy atom. The second-order valence-corrected chi connectivity index (χ2v) is 10.7. The van der Waals surface area contributed by atoms with Gasteiger partial charge >= 0.3 is 5.97 Å². The molecule has 0 saturated carbocycles. The second-order valence-electron chi connectivity index (χ2n) is 9.26. The number of morpholine rings is 1. The summed E-state index contributed by atoms with van der Waals surface area (Å²) in [4.78, 5) is 34.9. The Hall–Kier alpha value is -3.92. The molecule has 2 aromatic carbocycles. The maximum Gasteiger partial charge on any atom is 0.338 e. The van der Waals surface area contributed by atoms with Crippen LogP contribution in [0, 0.1) is 0 Å². The lowest BCUT2D eigenvalue weighted by Crippen LogP contribution is -2.40. The molecule has 2 aliphatic heterocycles. The molecule has 6 rings (SSSR count). The van der Waals surface area contributed by atoms with E-state index in [4.69, 9.17) is 30.5 Å². The zero-order chi connectivity index (χ0) is 27.6. The number of aromatic nitrogens is 1. The summed E-state index contributed by atoms with van der Waals surface area (Å²) in [7, 11) is 0. The molecule has 0 spiro atoms. The maximum absolute atomic E-state index is 14.0. The summed E-state index contributed by atoms with van der Waals surface area (Å²) >= 11 is 7.44. The van der Waals surface area contributed by atoms with Crippen molar-refractivity contribution in [3.8, 4) is 0 Å². The summed E-state index contributed by atoms with van der Waals surface area (Å²) < 4.78 is 19.0. The maximum atomic E-state index is 14.0. The van der Waals surface area contributed by atoms with Crippen molar-refractivity contribution < 1.29 is 18.7 Å². The molecule has 0 bridgehead atoms. The monoisotopic (exact) mass is 575 g/mol. The van der Waals surface area contributed by atoms with Crippen molar-refractivity contribution in [1.82, 2.24) is 4.57 Å². The number of halogens is 1. The number of hydrogen-bond donors (Lipinski definition) is 0. The molecule has 10 heteroatoms. The van der Waals surface area contributed by atoms with E-state index in [1.54, 1.807) is 29.7 Å². The third kappa shape index (κ3) is 5.03. The van der Waals surface area contributed by atoms with E-state index in [1.165, 1.54) is 11.3 Å². The number of hydrogen-bond acceptors (Lipinski definition) is 8. The minimum atomic E-state index is -0.759. The predicted molar refractivity (Wildman–Crippen MR) is 154 cm³/mol. The number of thiazole rings is 1. The average molecular weight is 576 g/mol. The van der Waals surface area contributed by atoms with E-state index in [1.807, 2.05) is 54.6 Å². The van der Waals surface area contributed by atoms with E-state index in [2.05, 4.69) is 4.90 Å². The fraction of sp³-hybridized carbons (Fsp3) is 0.233. The summed E-state index contributed by atoms with van der Waals surface area (Å²) in [6.45, 7) is 4.72. The van der Waals surface area contributed by atoms with Crippen LogP contribution in [-0.4, -0.2) is 43.4 Å². The normalized spacial score (nSPS) is 17.5. The van der Waals surface area contributed by atoms with Gasteiger partial charge in [-0.25, -0.2) is 9.79 Å². The van der Waals surface area contributed by atoms with Crippen LogP contribution in [0.15, 0.2) is 86.5 Å². The van der Waals surface area contributed by atoms with Crippen LogP contribution in [0.3, 0.4) is 0 Å². The SMILES string of the molecule is CCOC(=O)C1=C(c2ccccc2)N=c2s/c(=C\c3ccc(N4CCOCC4)o3)c(=O)n2[C@H]1c1ccc(Cl)cc1. The van der Waals surface area contributed by atoms with Crippen LogP contribution in [-0.2, 0) is 14.3 Å². The van der Waals surface area contributed by atoms with Crippen molar-refractivity contribution in [3.05, 3.63) is 114 Å². The average Bonchev–Trinajstić information content (AvgIpc) is 3.58. The molecule has 2 aromatic heterocycles. The first-order valence-electron chi connectivity index (χ1n) is 13.0. The first kappa shape index (κ1) is 26.3. The van der Waals surface area contributed by atoms with Crippen LogP contribution in [0.5, 0.6) is 0 Å². The van der Waals surface area contributed by atoms with Gasteiger partial charge in [0, 0.05) is 35.8 Å². The first-order valence-corrected chi connectivity index (χ1v) is 14.2. The highest BCUT2D eigenvalue weighted by Crippen LogP contribution is 2.35. The molecule has 1 fully saturated rings. The molecule has 40 heavy (non-hydrogen) atoms. The molecule has 4 heterocycles. The van der Waals surface area contributed by atoms with Crippen molar-refractivity contribution in [2.24, 2.45) is 4.99 Å². The zero-order valence-corrected chi connectivity index (χ0v) is 23.3. The van der Waals surface area contributed by atoms with E-state index < -0.39 is 12.0 Å². The summed E-state index contributed by atoms with van der Waals surface area (Å²) in [5.41, 5.74) is 1.96. The predicted octanol–water partition coefficient (Wildman–Crippen LogP) is 4.02. The zero-order valence-electron chi connectivity index (χ0n) is 21.7. The lowest BCUT2D eigenvalue weighted by Gasteiger charge is -2.26. The summed E-state index contributed by atoms with van der Waals surface area (Å²) in [6, 6.07) is 19.6. The Balaban J connectivity index is 1.54. The molecule has 1 atom stereocenters. The first-order chi connectivity index (χ1) is 19.5. The molecule has 0 radical (unpaired) electrons. The van der Waals surface area contributed by atoms with Gasteiger partial charge in [0.1, 0.15) is 5.76 Å². The van der Waals surface area contributed by atoms with Crippen LogP contribution in [0.4, 0.5) is 5.88 Å². The molecule has 8 nitrogen and oxygen atoms in total. The summed E-state index contributed by atoms with van der Waals surface area (Å²) in [6.07, 6.45) is 1.73. The number of rotatable bonds is 6. The van der Waals surface area contributed by atoms with Crippen LogP contribution < -0.4 is 19.8 Å². The Morgan fingerprint density at radius 2 is 1.85 bits per heavy atom. The minimum absolute atomic E-state index is 0.187. The lowest BCUT2D eigenvalue weighted by molar-refractivity contribution is -0.138. The highest BCUT2D eigenvalue weighted by atomic mass is 35.5. The van der Waals surface area contributed by atoms with Crippen molar-refractivity contribution in [1.29, 1.82) is 0 Å². The molecule has 1 saturated heterocycles. The van der Waals surface area contributed by atoms with Gasteiger partial charge in [-0.15, -0.1) is 0 Å². The number of ether oxygens (including phenoxy) is 2. The number of fused-ring (bicyclic) bond motifs is 1. The number of carbonyl (C=O) groups excluding carboxylic acids is 1. The summed E-state index contributed by atoms with van der Waals surface area (Å²) in [5.74, 6) is 0.764. The molecule has 204 valence electrons. The van der Waals surface area contributed by atoms with E-state index in [9.17, 15) is 9.59 Å². The molecular weight excluding hydrogens is 550 g/mol. The Kier molecular flexibility index (Phi) is 7.42. The highest BCUT2D eigenvalue weighted by molar-refractivity contribution is 7.07. The number of benzene rings is 2. The van der Waals surface area contributed by atoms with Crippen LogP contribution in [0.1, 0.15) is 29.9 Å². The van der Waals surface area contributed by atoms with Gasteiger partial charge in [-0.05, 0) is 30.7 Å². The van der Waals surface area contributed by atoms with Crippen molar-refractivity contribution in [3.63, 3.8) is 0 Å². The lowest BCUT2D eigenvalue weighted by atomic mass is 9.93. The van der Waals surface area contributed by atoms with Gasteiger partial charge in [0.2, 0.25) is 0 Å². The number of esters is 1. The highest BCUT2D eigenvalue weighted by Gasteiger charge is 2.35. The minimum Gasteiger partial charge on any atom is -0.463 e. The van der Waals surface area contributed by atoms with Crippen molar-refractivity contribution >= 4 is 46.6 Å². The molecule has 2 aliphatic rings. The van der Waals surface area contributed by atoms with Crippen molar-refractivity contribution in [2.45, 2.75) is 13.0 Å². The van der Waals surface area contributed by atoms with E-state index in [-0.39, 0.29) is 12.2 Å². The topological polar surface area (TPSA) is 86.3 Å². The van der Waals surface area contributed by atoms with E-state index in [0.717, 1.165) is 30.1 Å². The van der Waals surface area contributed by atoms with Crippen LogP contribution >= 0.6 is 22.9 Å². The third-order valence-electron chi connectivity index (χ3n) is 6.77. The van der Waals surface area contributed by atoms with Crippen LogP contribution in [0.25, 0.3) is 11.8 Å². The third-order valence-corrected chi connectivity index (χ3v) is 8.00. The van der Waals surface area contributed by atoms with Gasteiger partial charge in [-0.2, -0.15) is 0 Å². The van der Waals surface area contributed by atoms with Gasteiger partial charge in [-0.3, -0.25) is 9.36 Å². The molecule has 0 N–H and O–H groups in total.